The lowest BCUT2D eigenvalue weighted by Crippen LogP contribution is -2.50. The highest BCUT2D eigenvalue weighted by atomic mass is 16.5. The van der Waals surface area contributed by atoms with E-state index in [0.717, 1.165) is 54.0 Å². The minimum atomic E-state index is -0.968. The molecule has 5 nitrogen and oxygen atoms in total. The van der Waals surface area contributed by atoms with E-state index in [-0.39, 0.29) is 35.3 Å². The first kappa shape index (κ1) is 28.6. The molecule has 2 N–H and O–H groups in total. The van der Waals surface area contributed by atoms with E-state index in [2.05, 4.69) is 19.9 Å². The zero-order valence-corrected chi connectivity index (χ0v) is 24.5. The summed E-state index contributed by atoms with van der Waals surface area (Å²) in [5, 5.41) is 23.2. The van der Waals surface area contributed by atoms with Gasteiger partial charge in [-0.3, -0.25) is 9.59 Å². The molecule has 3 aromatic rings. The van der Waals surface area contributed by atoms with Crippen LogP contribution in [0.15, 0.2) is 77.4 Å². The van der Waals surface area contributed by atoms with Gasteiger partial charge in [0.2, 0.25) is 0 Å². The highest BCUT2D eigenvalue weighted by molar-refractivity contribution is 6.43. The van der Waals surface area contributed by atoms with Gasteiger partial charge < -0.3 is 14.8 Å². The van der Waals surface area contributed by atoms with Gasteiger partial charge in [0.05, 0.1) is 6.10 Å². The fourth-order valence-electron chi connectivity index (χ4n) is 7.77. The lowest BCUT2D eigenvalue weighted by atomic mass is 9.54. The second-order valence-electron chi connectivity index (χ2n) is 12.2. The second-order valence-corrected chi connectivity index (χ2v) is 12.2. The third kappa shape index (κ3) is 5.16. The van der Waals surface area contributed by atoms with Gasteiger partial charge in [0.1, 0.15) is 5.75 Å². The molecule has 2 aliphatic carbocycles. The van der Waals surface area contributed by atoms with Crippen molar-refractivity contribution in [2.45, 2.75) is 71.2 Å². The molecule has 1 heterocycles. The second kappa shape index (κ2) is 12.0. The summed E-state index contributed by atoms with van der Waals surface area (Å²) in [6, 6.07) is 18.8. The molecule has 6 rings (SSSR count). The maximum absolute atomic E-state index is 13.9. The summed E-state index contributed by atoms with van der Waals surface area (Å²) < 4.78 is 6.25. The number of phenols is 1. The quantitative estimate of drug-likeness (QED) is 0.216. The number of fused-ring (bicyclic) bond motifs is 5. The summed E-state index contributed by atoms with van der Waals surface area (Å²) in [5.74, 6) is -0.630. The van der Waals surface area contributed by atoms with E-state index in [9.17, 15) is 19.7 Å². The van der Waals surface area contributed by atoms with Crippen molar-refractivity contribution in [1.29, 1.82) is 0 Å². The van der Waals surface area contributed by atoms with Crippen LogP contribution in [0.3, 0.4) is 0 Å². The molecule has 0 amide bonds. The van der Waals surface area contributed by atoms with E-state index in [1.54, 1.807) is 18.2 Å². The van der Waals surface area contributed by atoms with Crippen LogP contribution in [-0.4, -0.2) is 34.9 Å². The average Bonchev–Trinajstić information content (AvgIpc) is 3.00. The highest BCUT2D eigenvalue weighted by Gasteiger charge is 2.53. The summed E-state index contributed by atoms with van der Waals surface area (Å²) in [6.45, 7) is 4.32. The Kier molecular flexibility index (Phi) is 8.20. The number of hydrogen-bond donors (Lipinski definition) is 2. The van der Waals surface area contributed by atoms with E-state index < -0.39 is 13.0 Å². The number of Topliss-reactive ketones (excluding diaryl/α,β-unsaturated/α-hetero) is 2. The summed E-state index contributed by atoms with van der Waals surface area (Å²) >= 11 is 0. The maximum Gasteiger partial charge on any atom is 0.455 e. The molecular weight excluding hydrogens is 523 g/mol. The van der Waals surface area contributed by atoms with E-state index >= 15 is 0 Å². The van der Waals surface area contributed by atoms with Crippen molar-refractivity contribution in [2.24, 2.45) is 17.8 Å². The normalized spacial score (nSPS) is 24.1. The molecule has 0 spiro atoms. The van der Waals surface area contributed by atoms with E-state index in [1.165, 1.54) is 11.1 Å². The molecule has 0 bridgehead atoms. The third-order valence-electron chi connectivity index (χ3n) is 9.51. The molecule has 1 fully saturated rings. The van der Waals surface area contributed by atoms with Gasteiger partial charge in [-0.1, -0.05) is 98.5 Å². The predicted molar refractivity (Wildman–Crippen MR) is 168 cm³/mol. The molecule has 42 heavy (non-hydrogen) atoms. The van der Waals surface area contributed by atoms with E-state index in [4.69, 9.17) is 4.65 Å². The molecule has 0 radical (unpaired) electrons. The van der Waals surface area contributed by atoms with E-state index in [1.807, 2.05) is 42.5 Å². The van der Waals surface area contributed by atoms with Crippen molar-refractivity contribution >= 4 is 35.5 Å². The van der Waals surface area contributed by atoms with Crippen LogP contribution in [-0.2, 0) is 4.65 Å². The molecule has 216 valence electrons. The number of ketones is 2. The van der Waals surface area contributed by atoms with Gasteiger partial charge in [-0.05, 0) is 66.9 Å². The number of aromatic hydroxyl groups is 1. The predicted octanol–water partition coefficient (Wildman–Crippen LogP) is 7.82. The molecule has 0 aromatic heterocycles. The van der Waals surface area contributed by atoms with Gasteiger partial charge >= 0.3 is 7.12 Å². The Morgan fingerprint density at radius 3 is 2.36 bits per heavy atom. The standard InChI is InChI=1S/C36H39BO5/c1-3-9-22(19-23-16-17-31(38)26-12-6-5-11-25(23)26)15-18-32-33-24(10-4-2)20-29-34(30(33)21-37(41)42-32)36(40)28-14-8-7-13-27(28)35(29)39/h5-8,11-14,16-17,19,29-30,32,34,38,41H,3-4,9-10,15,18,20-21H2,1-2H3/b22-19+/t29-,30+,32-,34-/m1/s1. The van der Waals surface area contributed by atoms with Gasteiger partial charge in [-0.2, -0.15) is 0 Å². The first-order valence-electron chi connectivity index (χ1n) is 15.5. The third-order valence-corrected chi connectivity index (χ3v) is 9.51. The van der Waals surface area contributed by atoms with Gasteiger partial charge in [0.25, 0.3) is 0 Å². The lowest BCUT2D eigenvalue weighted by molar-refractivity contribution is 0.0598. The Labute approximate surface area is 248 Å². The van der Waals surface area contributed by atoms with Crippen molar-refractivity contribution in [2.75, 3.05) is 0 Å². The Bertz CT molecular complexity index is 1590. The fraction of sp³-hybridized carbons (Fsp3) is 0.389. The zero-order chi connectivity index (χ0) is 29.4. The molecule has 0 saturated carbocycles. The van der Waals surface area contributed by atoms with Crippen molar-refractivity contribution in [3.63, 3.8) is 0 Å². The number of rotatable bonds is 8. The number of carbonyl (C=O) groups is 2. The minimum Gasteiger partial charge on any atom is -0.507 e. The van der Waals surface area contributed by atoms with Crippen LogP contribution in [0.5, 0.6) is 5.75 Å². The lowest BCUT2D eigenvalue weighted by Gasteiger charge is -2.47. The number of hydrogen-bond acceptors (Lipinski definition) is 5. The van der Waals surface area contributed by atoms with Crippen LogP contribution in [0.25, 0.3) is 16.8 Å². The van der Waals surface area contributed by atoms with Crippen LogP contribution in [0, 0.1) is 17.8 Å². The van der Waals surface area contributed by atoms with Gasteiger partial charge in [-0.15, -0.1) is 0 Å². The van der Waals surface area contributed by atoms with Crippen LogP contribution in [0.4, 0.5) is 0 Å². The Morgan fingerprint density at radius 2 is 1.62 bits per heavy atom. The molecule has 6 heteroatoms. The monoisotopic (exact) mass is 562 g/mol. The SMILES string of the molecule is CCCC1=C2[C@@H](CC/C(=C/c3ccc(O)c4ccccc34)CCC)OB(O)C[C@@H]2[C@@H]2C(=O)c3ccccc3C(=O)[C@@H]2C1. The summed E-state index contributed by atoms with van der Waals surface area (Å²) in [5.41, 5.74) is 5.84. The Balaban J connectivity index is 1.33. The number of allylic oxidation sites excluding steroid dienone is 2. The molecule has 4 atom stereocenters. The zero-order valence-electron chi connectivity index (χ0n) is 24.5. The molecule has 3 aliphatic rings. The molecule has 1 saturated heterocycles. The average molecular weight is 563 g/mol. The van der Waals surface area contributed by atoms with Gasteiger partial charge in [0, 0.05) is 28.3 Å². The maximum atomic E-state index is 13.9. The number of carbonyl (C=O) groups excluding carboxylic acids is 2. The summed E-state index contributed by atoms with van der Waals surface area (Å²) in [6.07, 6.45) is 8.13. The van der Waals surface area contributed by atoms with Crippen LogP contribution in [0.1, 0.15) is 85.1 Å². The van der Waals surface area contributed by atoms with Gasteiger partial charge in [0.15, 0.2) is 11.6 Å². The minimum absolute atomic E-state index is 0.0341. The van der Waals surface area contributed by atoms with Crippen LogP contribution >= 0.6 is 0 Å². The number of benzene rings is 3. The van der Waals surface area contributed by atoms with Crippen molar-refractivity contribution < 1.29 is 24.4 Å². The Morgan fingerprint density at radius 1 is 0.905 bits per heavy atom. The number of phenolic OH excluding ortho intramolecular Hbond substituents is 1. The summed E-state index contributed by atoms with van der Waals surface area (Å²) in [7, 11) is -0.968. The largest absolute Gasteiger partial charge is 0.507 e. The first-order valence-corrected chi connectivity index (χ1v) is 15.5. The summed E-state index contributed by atoms with van der Waals surface area (Å²) in [4.78, 5) is 27.6. The van der Waals surface area contributed by atoms with Crippen LogP contribution < -0.4 is 0 Å². The molecule has 1 aliphatic heterocycles. The molecule has 3 aromatic carbocycles. The smallest absolute Gasteiger partial charge is 0.455 e. The van der Waals surface area contributed by atoms with Crippen LogP contribution in [0.2, 0.25) is 6.32 Å². The topological polar surface area (TPSA) is 83.8 Å². The van der Waals surface area contributed by atoms with Crippen molar-refractivity contribution in [3.8, 4) is 5.75 Å². The van der Waals surface area contributed by atoms with E-state index in [0.29, 0.717) is 30.3 Å². The van der Waals surface area contributed by atoms with Gasteiger partial charge in [-0.25, -0.2) is 0 Å². The fourth-order valence-corrected chi connectivity index (χ4v) is 7.77. The molecule has 0 unspecified atom stereocenters. The van der Waals surface area contributed by atoms with Crippen molar-refractivity contribution in [3.05, 3.63) is 94.1 Å². The molecular formula is C36H39BO5. The first-order chi connectivity index (χ1) is 20.4. The highest BCUT2D eigenvalue weighted by Crippen LogP contribution is 2.51. The van der Waals surface area contributed by atoms with Crippen molar-refractivity contribution in [1.82, 2.24) is 0 Å². The Hall–Kier alpha value is -3.48.